The predicted molar refractivity (Wildman–Crippen MR) is 71.6 cm³/mol. The van der Waals surface area contributed by atoms with Crippen LogP contribution in [0, 0.1) is 11.3 Å². The van der Waals surface area contributed by atoms with Gasteiger partial charge in [0.05, 0.1) is 0 Å². The van der Waals surface area contributed by atoms with Gasteiger partial charge in [0.1, 0.15) is 0 Å². The first-order chi connectivity index (χ1) is 7.52. The quantitative estimate of drug-likeness (QED) is 0.722. The van der Waals surface area contributed by atoms with Gasteiger partial charge in [-0.05, 0) is 29.9 Å². The molecule has 0 radical (unpaired) electrons. The van der Waals surface area contributed by atoms with E-state index < -0.39 is 0 Å². The minimum atomic E-state index is 0.386. The molecule has 16 heavy (non-hydrogen) atoms. The number of rotatable bonds is 6. The second kappa shape index (κ2) is 6.05. The van der Waals surface area contributed by atoms with Gasteiger partial charge in [0.15, 0.2) is 0 Å². The molecule has 1 N–H and O–H groups in total. The van der Waals surface area contributed by atoms with Gasteiger partial charge in [-0.2, -0.15) is 0 Å². The maximum absolute atomic E-state index is 3.56. The van der Waals surface area contributed by atoms with Crippen LogP contribution in [-0.4, -0.2) is 13.1 Å². The monoisotopic (exact) mass is 219 g/mol. The molecule has 0 saturated heterocycles. The van der Waals surface area contributed by atoms with Crippen LogP contribution in [0.4, 0.5) is 0 Å². The van der Waals surface area contributed by atoms with Crippen molar-refractivity contribution in [3.63, 3.8) is 0 Å². The van der Waals surface area contributed by atoms with E-state index in [-0.39, 0.29) is 0 Å². The smallest absolute Gasteiger partial charge is 0.000509 e. The van der Waals surface area contributed by atoms with Crippen molar-refractivity contribution in [1.29, 1.82) is 0 Å². The number of benzene rings is 1. The summed E-state index contributed by atoms with van der Waals surface area (Å²) in [6, 6.07) is 10.7. The van der Waals surface area contributed by atoms with Crippen LogP contribution in [0.2, 0.25) is 0 Å². The van der Waals surface area contributed by atoms with E-state index in [4.69, 9.17) is 0 Å². The lowest BCUT2D eigenvalue weighted by Gasteiger charge is -2.29. The van der Waals surface area contributed by atoms with Crippen LogP contribution in [0.3, 0.4) is 0 Å². The molecule has 0 heterocycles. The van der Waals surface area contributed by atoms with E-state index in [0.717, 1.165) is 25.4 Å². The average molecular weight is 219 g/mol. The minimum absolute atomic E-state index is 0.386. The normalized spacial score (nSPS) is 12.1. The predicted octanol–water partition coefficient (Wildman–Crippen LogP) is 3.50. The summed E-state index contributed by atoms with van der Waals surface area (Å²) in [6.07, 6.45) is 1.12. The third-order valence-corrected chi connectivity index (χ3v) is 3.58. The first-order valence-corrected chi connectivity index (χ1v) is 6.27. The van der Waals surface area contributed by atoms with Crippen LogP contribution < -0.4 is 5.32 Å². The Balaban J connectivity index is 2.22. The largest absolute Gasteiger partial charge is 0.316 e. The fourth-order valence-electron chi connectivity index (χ4n) is 1.49. The molecule has 0 atom stereocenters. The molecule has 1 aromatic rings. The van der Waals surface area contributed by atoms with Crippen molar-refractivity contribution in [3.05, 3.63) is 35.9 Å². The molecule has 0 fully saturated rings. The van der Waals surface area contributed by atoms with Gasteiger partial charge >= 0.3 is 0 Å². The molecule has 0 bridgehead atoms. The van der Waals surface area contributed by atoms with Crippen molar-refractivity contribution >= 4 is 0 Å². The van der Waals surface area contributed by atoms with E-state index in [1.807, 2.05) is 0 Å². The van der Waals surface area contributed by atoms with E-state index in [9.17, 15) is 0 Å². The summed E-state index contributed by atoms with van der Waals surface area (Å²) >= 11 is 0. The summed E-state index contributed by atoms with van der Waals surface area (Å²) in [7, 11) is 0. The first kappa shape index (κ1) is 13.2. The van der Waals surface area contributed by atoms with E-state index in [2.05, 4.69) is 63.3 Å². The van der Waals surface area contributed by atoms with Crippen LogP contribution >= 0.6 is 0 Å². The molecule has 0 aliphatic heterocycles. The summed E-state index contributed by atoms with van der Waals surface area (Å²) in [4.78, 5) is 0. The van der Waals surface area contributed by atoms with Crippen molar-refractivity contribution in [2.24, 2.45) is 11.3 Å². The Kier molecular flexibility index (Phi) is 5.01. The molecule has 1 rings (SSSR count). The zero-order chi connectivity index (χ0) is 12.0. The fourth-order valence-corrected chi connectivity index (χ4v) is 1.49. The Bertz CT molecular complexity index is 288. The molecule has 0 amide bonds. The molecule has 0 unspecified atom stereocenters. The zero-order valence-electron chi connectivity index (χ0n) is 11.1. The molecular weight excluding hydrogens is 194 g/mol. The topological polar surface area (TPSA) is 12.0 Å². The highest BCUT2D eigenvalue weighted by Crippen LogP contribution is 2.24. The van der Waals surface area contributed by atoms with Crippen molar-refractivity contribution in [1.82, 2.24) is 5.32 Å². The summed E-state index contributed by atoms with van der Waals surface area (Å²) < 4.78 is 0. The van der Waals surface area contributed by atoms with Crippen LogP contribution in [-0.2, 0) is 6.42 Å². The van der Waals surface area contributed by atoms with Crippen molar-refractivity contribution in [2.75, 3.05) is 13.1 Å². The Morgan fingerprint density at radius 3 is 2.31 bits per heavy atom. The van der Waals surface area contributed by atoms with E-state index in [1.165, 1.54) is 5.56 Å². The van der Waals surface area contributed by atoms with Gasteiger partial charge in [-0.3, -0.25) is 0 Å². The molecular formula is C15H25N. The Morgan fingerprint density at radius 2 is 1.75 bits per heavy atom. The maximum atomic E-state index is 3.56. The molecule has 0 aromatic heterocycles. The fraction of sp³-hybridized carbons (Fsp3) is 0.600. The second-order valence-corrected chi connectivity index (χ2v) is 5.56. The Morgan fingerprint density at radius 1 is 1.12 bits per heavy atom. The highest BCUT2D eigenvalue weighted by atomic mass is 14.9. The Hall–Kier alpha value is -0.820. The van der Waals surface area contributed by atoms with Crippen LogP contribution in [0.15, 0.2) is 30.3 Å². The summed E-state index contributed by atoms with van der Waals surface area (Å²) in [6.45, 7) is 11.4. The van der Waals surface area contributed by atoms with E-state index >= 15 is 0 Å². The number of hydrogen-bond acceptors (Lipinski definition) is 1. The van der Waals surface area contributed by atoms with E-state index in [0.29, 0.717) is 5.41 Å². The van der Waals surface area contributed by atoms with Crippen LogP contribution in [0.1, 0.15) is 33.3 Å². The molecule has 1 nitrogen and oxygen atoms in total. The molecule has 1 aromatic carbocycles. The molecule has 1 heteroatoms. The number of nitrogens with one attached hydrogen (secondary N) is 1. The molecule has 0 saturated carbocycles. The Labute approximate surface area is 100 Å². The standard InChI is InChI=1S/C15H25N/c1-13(2)15(3,4)12-16-11-10-14-8-6-5-7-9-14/h5-9,13,16H,10-12H2,1-4H3. The van der Waals surface area contributed by atoms with Crippen molar-refractivity contribution in [3.8, 4) is 0 Å². The van der Waals surface area contributed by atoms with Gasteiger partial charge in [-0.1, -0.05) is 58.0 Å². The zero-order valence-corrected chi connectivity index (χ0v) is 11.1. The average Bonchev–Trinajstić information content (AvgIpc) is 2.26. The summed E-state index contributed by atoms with van der Waals surface area (Å²) in [5, 5.41) is 3.56. The lowest BCUT2D eigenvalue weighted by Crippen LogP contribution is -2.34. The molecule has 0 aliphatic carbocycles. The van der Waals surface area contributed by atoms with Crippen molar-refractivity contribution < 1.29 is 0 Å². The van der Waals surface area contributed by atoms with Gasteiger partial charge in [-0.15, -0.1) is 0 Å². The summed E-state index contributed by atoms with van der Waals surface area (Å²) in [5.74, 6) is 0.719. The van der Waals surface area contributed by atoms with Gasteiger partial charge in [0.2, 0.25) is 0 Å². The van der Waals surface area contributed by atoms with Gasteiger partial charge in [0.25, 0.3) is 0 Å². The van der Waals surface area contributed by atoms with Gasteiger partial charge < -0.3 is 5.32 Å². The van der Waals surface area contributed by atoms with Gasteiger partial charge in [0, 0.05) is 6.54 Å². The maximum Gasteiger partial charge on any atom is 0.000509 e. The van der Waals surface area contributed by atoms with Crippen LogP contribution in [0.25, 0.3) is 0 Å². The van der Waals surface area contributed by atoms with Crippen molar-refractivity contribution in [2.45, 2.75) is 34.1 Å². The van der Waals surface area contributed by atoms with E-state index in [1.54, 1.807) is 0 Å². The highest BCUT2D eigenvalue weighted by molar-refractivity contribution is 5.14. The SMILES string of the molecule is CC(C)C(C)(C)CNCCc1ccccc1. The lowest BCUT2D eigenvalue weighted by molar-refractivity contribution is 0.239. The minimum Gasteiger partial charge on any atom is -0.316 e. The van der Waals surface area contributed by atoms with Crippen LogP contribution in [0.5, 0.6) is 0 Å². The number of hydrogen-bond donors (Lipinski definition) is 1. The first-order valence-electron chi connectivity index (χ1n) is 6.27. The molecule has 0 aliphatic rings. The highest BCUT2D eigenvalue weighted by Gasteiger charge is 2.21. The van der Waals surface area contributed by atoms with Gasteiger partial charge in [-0.25, -0.2) is 0 Å². The third kappa shape index (κ3) is 4.36. The third-order valence-electron chi connectivity index (χ3n) is 3.58. The molecule has 0 spiro atoms. The summed E-state index contributed by atoms with van der Waals surface area (Å²) in [5.41, 5.74) is 1.80. The lowest BCUT2D eigenvalue weighted by atomic mass is 9.81. The second-order valence-electron chi connectivity index (χ2n) is 5.56. The molecule has 90 valence electrons.